The van der Waals surface area contributed by atoms with Crippen LogP contribution in [0, 0.1) is 29.6 Å². The van der Waals surface area contributed by atoms with Crippen LogP contribution in [0.4, 0.5) is 0 Å². The van der Waals surface area contributed by atoms with Gasteiger partial charge in [0.2, 0.25) is 11.8 Å². The third kappa shape index (κ3) is 11.7. The average Bonchev–Trinajstić information content (AvgIpc) is 2.76. The van der Waals surface area contributed by atoms with Crippen LogP contribution in [0.5, 0.6) is 0 Å². The summed E-state index contributed by atoms with van der Waals surface area (Å²) in [5.74, 6) is -19.6. The second-order valence-electron chi connectivity index (χ2n) is 8.62. The van der Waals surface area contributed by atoms with Gasteiger partial charge in [-0.2, -0.15) is 0 Å². The minimum absolute atomic E-state index is 0.00160. The topological polar surface area (TPSA) is 268 Å². The van der Waals surface area contributed by atoms with Crippen LogP contribution < -0.4 is 10.6 Å². The molecule has 0 spiro atoms. The minimum atomic E-state index is -4.39. The molecule has 0 aromatic heterocycles. The van der Waals surface area contributed by atoms with Crippen molar-refractivity contribution in [2.24, 2.45) is 29.6 Å². The van der Waals surface area contributed by atoms with Gasteiger partial charge in [-0.1, -0.05) is 20.3 Å². The number of hydrogen-bond donors (Lipinski definition) is 9. The normalized spacial score (nSPS) is 15.5. The van der Waals surface area contributed by atoms with Crippen molar-refractivity contribution in [3.05, 3.63) is 0 Å². The molecule has 0 radical (unpaired) electrons. The number of amides is 2. The van der Waals surface area contributed by atoms with Crippen LogP contribution in [-0.2, 0) is 28.8 Å². The molecule has 0 saturated carbocycles. The molecule has 0 aromatic rings. The van der Waals surface area contributed by atoms with Crippen molar-refractivity contribution < 1.29 is 63.6 Å². The zero-order valence-corrected chi connectivity index (χ0v) is 21.6. The first-order chi connectivity index (χ1) is 17.1. The Morgan fingerprint density at radius 3 is 1.59 bits per heavy atom. The number of carbonyl (C=O) groups is 6. The van der Waals surface area contributed by atoms with Crippen molar-refractivity contribution in [1.29, 1.82) is 0 Å². The Labute approximate surface area is 213 Å². The van der Waals surface area contributed by atoms with Gasteiger partial charge in [-0.15, -0.1) is 0 Å². The fraction of sp³-hybridized carbons (Fsp3) is 0.714. The summed E-state index contributed by atoms with van der Waals surface area (Å²) in [5, 5.41) is 43.4. The number of carboxylic acid groups (broad SMARTS) is 4. The predicted molar refractivity (Wildman–Crippen MR) is 126 cm³/mol. The van der Waals surface area contributed by atoms with Gasteiger partial charge < -0.3 is 45.4 Å². The van der Waals surface area contributed by atoms with Crippen molar-refractivity contribution in [3.63, 3.8) is 0 Å². The first kappa shape index (κ1) is 33.9. The van der Waals surface area contributed by atoms with Crippen molar-refractivity contribution >= 4 is 44.5 Å². The number of carboxylic acids is 4. The van der Waals surface area contributed by atoms with Crippen LogP contribution in [0.3, 0.4) is 0 Å². The first-order valence-electron chi connectivity index (χ1n) is 11.7. The minimum Gasteiger partial charge on any atom is -0.481 e. The van der Waals surface area contributed by atoms with Gasteiger partial charge in [0.15, 0.2) is 0 Å². The van der Waals surface area contributed by atoms with Gasteiger partial charge in [-0.3, -0.25) is 28.8 Å². The maximum atomic E-state index is 13.0. The summed E-state index contributed by atoms with van der Waals surface area (Å²) in [6.07, 6.45) is -0.482. The third-order valence-corrected chi connectivity index (χ3v) is 6.84. The highest BCUT2D eigenvalue weighted by Gasteiger charge is 2.52. The monoisotopic (exact) mass is 552 g/mol. The molecule has 16 heteroatoms. The Bertz CT molecular complexity index is 830. The number of unbranched alkanes of at least 4 members (excludes halogenated alkanes) is 1. The molecule has 2 unspecified atom stereocenters. The molecule has 212 valence electrons. The molecule has 0 bridgehead atoms. The van der Waals surface area contributed by atoms with E-state index in [2.05, 4.69) is 10.6 Å². The zero-order chi connectivity index (χ0) is 28.9. The highest BCUT2D eigenvalue weighted by atomic mass is 28.4. The van der Waals surface area contributed by atoms with E-state index >= 15 is 0 Å². The van der Waals surface area contributed by atoms with E-state index < -0.39 is 86.6 Å². The zero-order valence-electron chi connectivity index (χ0n) is 20.6. The standard InChI is InChI=1S/C21H36N2O13Si/c1-3-5-7-23-18(27)14(12(19(28)29)10-13(24)25)16(21(32)33)15(20(30)31)11(4-2)17(26)22-8-6-9-37(34,35)36/h11-12,14-16,34-36H,3-10H2,1-2H3,(H,22,26)(H,23,27)(H,24,25)(H,28,29)(H,30,31)(H,32,33)/t11?,12-,14?,15+,16-/m0/s1. The molecule has 9 N–H and O–H groups in total. The lowest BCUT2D eigenvalue weighted by atomic mass is 9.68. The Morgan fingerprint density at radius 1 is 0.676 bits per heavy atom. The largest absolute Gasteiger partial charge is 0.492 e. The van der Waals surface area contributed by atoms with E-state index in [1.54, 1.807) is 6.92 Å². The molecule has 15 nitrogen and oxygen atoms in total. The van der Waals surface area contributed by atoms with Crippen LogP contribution in [0.25, 0.3) is 0 Å². The van der Waals surface area contributed by atoms with E-state index in [1.807, 2.05) is 0 Å². The van der Waals surface area contributed by atoms with Crippen LogP contribution in [0.2, 0.25) is 6.04 Å². The summed E-state index contributed by atoms with van der Waals surface area (Å²) in [6, 6.07) is -0.431. The lowest BCUT2D eigenvalue weighted by Gasteiger charge is -2.34. The maximum Gasteiger partial charge on any atom is 0.492 e. The van der Waals surface area contributed by atoms with Gasteiger partial charge in [0.1, 0.15) is 0 Å². The maximum absolute atomic E-state index is 13.0. The molecular weight excluding hydrogens is 516 g/mol. The van der Waals surface area contributed by atoms with Crippen LogP contribution in [0.1, 0.15) is 46.0 Å². The van der Waals surface area contributed by atoms with E-state index in [4.69, 9.17) is 14.4 Å². The molecule has 0 saturated heterocycles. The molecule has 0 aliphatic carbocycles. The summed E-state index contributed by atoms with van der Waals surface area (Å²) in [7, 11) is -4.39. The molecule has 0 fully saturated rings. The molecule has 0 heterocycles. The van der Waals surface area contributed by atoms with E-state index in [0.29, 0.717) is 12.8 Å². The van der Waals surface area contributed by atoms with Crippen LogP contribution in [-0.4, -0.2) is 92.4 Å². The fourth-order valence-electron chi connectivity index (χ4n) is 4.04. The highest BCUT2D eigenvalue weighted by molar-refractivity contribution is 6.56. The quantitative estimate of drug-likeness (QED) is 0.0656. The Morgan fingerprint density at radius 2 is 1.19 bits per heavy atom. The van der Waals surface area contributed by atoms with Gasteiger partial charge in [-0.05, 0) is 19.3 Å². The number of nitrogens with one attached hydrogen (secondary N) is 2. The first-order valence-corrected chi connectivity index (χ1v) is 13.8. The highest BCUT2D eigenvalue weighted by Crippen LogP contribution is 2.36. The molecule has 0 rings (SSSR count). The molecular formula is C21H36N2O13Si. The van der Waals surface area contributed by atoms with E-state index in [1.165, 1.54) is 6.92 Å². The Hall–Kier alpha value is -3.08. The fourth-order valence-corrected chi connectivity index (χ4v) is 4.69. The number of hydrogen-bond acceptors (Lipinski definition) is 9. The van der Waals surface area contributed by atoms with Crippen LogP contribution >= 0.6 is 0 Å². The molecule has 5 atom stereocenters. The second kappa shape index (κ2) is 15.9. The van der Waals surface area contributed by atoms with Crippen molar-refractivity contribution in [2.45, 2.75) is 52.0 Å². The molecule has 37 heavy (non-hydrogen) atoms. The summed E-state index contributed by atoms with van der Waals surface area (Å²) in [5.41, 5.74) is 0. The average molecular weight is 553 g/mol. The summed E-state index contributed by atoms with van der Waals surface area (Å²) >= 11 is 0. The third-order valence-electron chi connectivity index (χ3n) is 5.82. The van der Waals surface area contributed by atoms with Gasteiger partial charge in [0.25, 0.3) is 0 Å². The lowest BCUT2D eigenvalue weighted by Crippen LogP contribution is -2.52. The van der Waals surface area contributed by atoms with Crippen molar-refractivity contribution in [1.82, 2.24) is 10.6 Å². The SMILES string of the molecule is CCCCNC(=O)C([C@H](CC(=O)O)C(=O)O)[C@H](C(=O)O)[C@H](C(=O)O)C(CC)C(=O)NCCC[Si](O)(O)O. The smallest absolute Gasteiger partial charge is 0.481 e. The molecule has 0 aromatic carbocycles. The Balaban J connectivity index is 6.43. The molecule has 0 aliphatic heterocycles. The van der Waals surface area contributed by atoms with Crippen molar-refractivity contribution in [2.75, 3.05) is 13.1 Å². The summed E-state index contributed by atoms with van der Waals surface area (Å²) in [6.45, 7) is 2.92. The van der Waals surface area contributed by atoms with Gasteiger partial charge in [0, 0.05) is 19.1 Å². The predicted octanol–water partition coefficient (Wildman–Crippen LogP) is -1.46. The van der Waals surface area contributed by atoms with Gasteiger partial charge in [-0.25, -0.2) is 0 Å². The van der Waals surface area contributed by atoms with Crippen molar-refractivity contribution in [3.8, 4) is 0 Å². The van der Waals surface area contributed by atoms with Crippen LogP contribution in [0.15, 0.2) is 0 Å². The van der Waals surface area contributed by atoms with E-state index in [0.717, 1.165) is 0 Å². The summed E-state index contributed by atoms with van der Waals surface area (Å²) < 4.78 is 0. The van der Waals surface area contributed by atoms with Gasteiger partial charge >= 0.3 is 32.7 Å². The van der Waals surface area contributed by atoms with E-state index in [9.17, 15) is 49.2 Å². The summed E-state index contributed by atoms with van der Waals surface area (Å²) in [4.78, 5) is 101. The second-order valence-corrected chi connectivity index (χ2v) is 10.7. The number of aliphatic carboxylic acids is 4. The lowest BCUT2D eigenvalue weighted by molar-refractivity contribution is -0.168. The van der Waals surface area contributed by atoms with E-state index in [-0.39, 0.29) is 25.9 Å². The molecule has 0 aliphatic rings. The number of rotatable bonds is 19. The number of carbonyl (C=O) groups excluding carboxylic acids is 2. The van der Waals surface area contributed by atoms with Gasteiger partial charge in [0.05, 0.1) is 36.0 Å². The molecule has 2 amide bonds. The Kier molecular flexibility index (Phi) is 14.6.